The maximum absolute atomic E-state index is 6.22. The van der Waals surface area contributed by atoms with Crippen molar-refractivity contribution in [3.05, 3.63) is 16.1 Å². The van der Waals surface area contributed by atoms with E-state index in [9.17, 15) is 0 Å². The zero-order chi connectivity index (χ0) is 13.8. The highest BCUT2D eigenvalue weighted by molar-refractivity contribution is 6.37. The van der Waals surface area contributed by atoms with Gasteiger partial charge in [-0.15, -0.1) is 0 Å². The molecule has 0 bridgehead atoms. The predicted octanol–water partition coefficient (Wildman–Crippen LogP) is 3.29. The molecular weight excluding hydrogens is 285 g/mol. The molecule has 0 radical (unpaired) electrons. The third-order valence-electron chi connectivity index (χ3n) is 3.30. The van der Waals surface area contributed by atoms with Crippen molar-refractivity contribution in [1.29, 1.82) is 0 Å². The third kappa shape index (κ3) is 3.65. The van der Waals surface area contributed by atoms with Crippen LogP contribution in [-0.4, -0.2) is 38.8 Å². The Kier molecular flexibility index (Phi) is 5.13. The van der Waals surface area contributed by atoms with Crippen molar-refractivity contribution in [3.63, 3.8) is 0 Å². The van der Waals surface area contributed by atoms with Gasteiger partial charge in [-0.25, -0.2) is 4.98 Å². The smallest absolute Gasteiger partial charge is 0.149 e. The van der Waals surface area contributed by atoms with Gasteiger partial charge in [-0.05, 0) is 24.8 Å². The fourth-order valence-corrected chi connectivity index (χ4v) is 2.92. The van der Waals surface area contributed by atoms with Crippen LogP contribution in [-0.2, 0) is 4.74 Å². The van der Waals surface area contributed by atoms with Crippen LogP contribution in [0.5, 0.6) is 0 Å². The lowest BCUT2D eigenvalue weighted by molar-refractivity contribution is 0.0576. The number of hydrogen-bond donors (Lipinski definition) is 1. The van der Waals surface area contributed by atoms with Gasteiger partial charge in [-0.1, -0.05) is 23.2 Å². The van der Waals surface area contributed by atoms with Crippen LogP contribution in [0.1, 0.15) is 12.8 Å². The molecule has 0 spiro atoms. The van der Waals surface area contributed by atoms with Crippen LogP contribution >= 0.6 is 23.2 Å². The number of pyridine rings is 1. The third-order valence-corrected chi connectivity index (χ3v) is 3.86. The molecule has 19 heavy (non-hydrogen) atoms. The summed E-state index contributed by atoms with van der Waals surface area (Å²) in [5.74, 6) is 1.93. The Hall–Kier alpha value is -0.710. The second-order valence-electron chi connectivity index (χ2n) is 4.84. The van der Waals surface area contributed by atoms with Gasteiger partial charge in [0, 0.05) is 27.2 Å². The van der Waals surface area contributed by atoms with E-state index in [-0.39, 0.29) is 0 Å². The van der Waals surface area contributed by atoms with Crippen LogP contribution in [0.2, 0.25) is 10.0 Å². The molecule has 4 nitrogen and oxygen atoms in total. The molecule has 6 heteroatoms. The molecule has 2 heterocycles. The van der Waals surface area contributed by atoms with Crippen LogP contribution in [0.4, 0.5) is 11.6 Å². The van der Waals surface area contributed by atoms with Crippen LogP contribution < -0.4 is 10.2 Å². The first-order valence-electron chi connectivity index (χ1n) is 6.44. The minimum absolute atomic E-state index is 0.533. The normalized spacial score (nSPS) is 19.3. The number of anilines is 2. The van der Waals surface area contributed by atoms with Crippen LogP contribution in [0.25, 0.3) is 0 Å². The molecule has 2 rings (SSSR count). The van der Waals surface area contributed by atoms with E-state index in [1.54, 1.807) is 13.1 Å². The summed E-state index contributed by atoms with van der Waals surface area (Å²) in [5.41, 5.74) is 0. The van der Waals surface area contributed by atoms with E-state index >= 15 is 0 Å². The average Bonchev–Trinajstić information content (AvgIpc) is 2.40. The van der Waals surface area contributed by atoms with E-state index in [0.717, 1.165) is 32.0 Å². The SMILES string of the molecule is CNc1nc(N(C)CC2CCCOC2)c(Cl)cc1Cl. The molecule has 1 unspecified atom stereocenters. The van der Waals surface area contributed by atoms with Gasteiger partial charge in [-0.3, -0.25) is 0 Å². The Morgan fingerprint density at radius 3 is 2.89 bits per heavy atom. The first kappa shape index (κ1) is 14.7. The molecule has 1 aromatic rings. The lowest BCUT2D eigenvalue weighted by Gasteiger charge is -2.28. The van der Waals surface area contributed by atoms with Crippen LogP contribution in [0.15, 0.2) is 6.07 Å². The summed E-state index contributed by atoms with van der Waals surface area (Å²) >= 11 is 12.3. The Balaban J connectivity index is 2.11. The van der Waals surface area contributed by atoms with Crippen molar-refractivity contribution in [3.8, 4) is 0 Å². The molecule has 1 atom stereocenters. The molecular formula is C13H19Cl2N3O. The lowest BCUT2D eigenvalue weighted by atomic mass is 10.0. The van der Waals surface area contributed by atoms with Crippen molar-refractivity contribution < 1.29 is 4.74 Å². The molecule has 0 amide bonds. The first-order chi connectivity index (χ1) is 9.11. The second-order valence-corrected chi connectivity index (χ2v) is 5.65. The van der Waals surface area contributed by atoms with Crippen molar-refractivity contribution in [2.45, 2.75) is 12.8 Å². The highest BCUT2D eigenvalue weighted by Crippen LogP contribution is 2.31. The Morgan fingerprint density at radius 1 is 1.47 bits per heavy atom. The predicted molar refractivity (Wildman–Crippen MR) is 80.6 cm³/mol. The number of nitrogens with zero attached hydrogens (tertiary/aromatic N) is 2. The molecule has 1 fully saturated rings. The lowest BCUT2D eigenvalue weighted by Crippen LogP contribution is -2.31. The largest absolute Gasteiger partial charge is 0.381 e. The van der Waals surface area contributed by atoms with Crippen LogP contribution in [0.3, 0.4) is 0 Å². The Morgan fingerprint density at radius 2 is 2.26 bits per heavy atom. The summed E-state index contributed by atoms with van der Waals surface area (Å²) < 4.78 is 5.50. The fraction of sp³-hybridized carbons (Fsp3) is 0.615. The van der Waals surface area contributed by atoms with E-state index < -0.39 is 0 Å². The van der Waals surface area contributed by atoms with Gasteiger partial charge in [0.25, 0.3) is 0 Å². The van der Waals surface area contributed by atoms with Crippen molar-refractivity contribution >= 4 is 34.8 Å². The van der Waals surface area contributed by atoms with Crippen molar-refractivity contribution in [2.75, 3.05) is 44.1 Å². The minimum atomic E-state index is 0.533. The Bertz CT molecular complexity index is 436. The number of hydrogen-bond acceptors (Lipinski definition) is 4. The van der Waals surface area contributed by atoms with Gasteiger partial charge in [0.05, 0.1) is 16.7 Å². The highest BCUT2D eigenvalue weighted by Gasteiger charge is 2.19. The molecule has 0 aromatic carbocycles. The van der Waals surface area contributed by atoms with E-state index in [1.807, 2.05) is 7.05 Å². The standard InChI is InChI=1S/C13H19Cl2N3O/c1-16-12-10(14)6-11(15)13(17-12)18(2)7-9-4-3-5-19-8-9/h6,9H,3-5,7-8H2,1-2H3,(H,16,17). The molecule has 0 aliphatic carbocycles. The van der Waals surface area contributed by atoms with Gasteiger partial charge in [0.1, 0.15) is 11.6 Å². The fourth-order valence-electron chi connectivity index (χ4n) is 2.33. The van der Waals surface area contributed by atoms with Crippen molar-refractivity contribution in [2.24, 2.45) is 5.92 Å². The number of nitrogens with one attached hydrogen (secondary N) is 1. The molecule has 1 aliphatic rings. The molecule has 106 valence electrons. The molecule has 1 aromatic heterocycles. The zero-order valence-corrected chi connectivity index (χ0v) is 12.8. The molecule has 1 saturated heterocycles. The van der Waals surface area contributed by atoms with Gasteiger partial charge in [0.15, 0.2) is 0 Å². The van der Waals surface area contributed by atoms with Gasteiger partial charge in [0.2, 0.25) is 0 Å². The van der Waals surface area contributed by atoms with Crippen LogP contribution in [0, 0.1) is 5.92 Å². The number of ether oxygens (including phenoxy) is 1. The summed E-state index contributed by atoms with van der Waals surface area (Å²) in [7, 11) is 3.79. The topological polar surface area (TPSA) is 37.4 Å². The zero-order valence-electron chi connectivity index (χ0n) is 11.2. The summed E-state index contributed by atoms with van der Waals surface area (Å²) in [6.07, 6.45) is 2.32. The van der Waals surface area contributed by atoms with E-state index in [0.29, 0.717) is 21.8 Å². The highest BCUT2D eigenvalue weighted by atomic mass is 35.5. The van der Waals surface area contributed by atoms with E-state index in [2.05, 4.69) is 15.2 Å². The number of rotatable bonds is 4. The summed E-state index contributed by atoms with van der Waals surface area (Å²) in [6, 6.07) is 1.73. The minimum Gasteiger partial charge on any atom is -0.381 e. The maximum Gasteiger partial charge on any atom is 0.149 e. The van der Waals surface area contributed by atoms with Crippen molar-refractivity contribution in [1.82, 2.24) is 4.98 Å². The maximum atomic E-state index is 6.22. The average molecular weight is 304 g/mol. The van der Waals surface area contributed by atoms with E-state index in [1.165, 1.54) is 6.42 Å². The number of halogens is 2. The quantitative estimate of drug-likeness (QED) is 0.926. The molecule has 0 saturated carbocycles. The Labute approximate surface area is 124 Å². The summed E-state index contributed by atoms with van der Waals surface area (Å²) in [4.78, 5) is 6.53. The monoisotopic (exact) mass is 303 g/mol. The summed E-state index contributed by atoms with van der Waals surface area (Å²) in [6.45, 7) is 2.58. The summed E-state index contributed by atoms with van der Waals surface area (Å²) in [5, 5.41) is 4.07. The molecule has 1 aliphatic heterocycles. The van der Waals surface area contributed by atoms with Gasteiger partial charge >= 0.3 is 0 Å². The molecule has 1 N–H and O–H groups in total. The van der Waals surface area contributed by atoms with E-state index in [4.69, 9.17) is 27.9 Å². The first-order valence-corrected chi connectivity index (χ1v) is 7.20. The number of aromatic nitrogens is 1. The van der Waals surface area contributed by atoms with Gasteiger partial charge in [-0.2, -0.15) is 0 Å². The van der Waals surface area contributed by atoms with Gasteiger partial charge < -0.3 is 15.0 Å². The second kappa shape index (κ2) is 6.64.